The normalized spacial score (nSPS) is 20.6. The molecular formula is C28H28FN3O3. The highest BCUT2D eigenvalue weighted by Gasteiger charge is 2.46. The number of likely N-dealkylation sites (tertiary alicyclic amines) is 1. The van der Waals surface area contributed by atoms with Crippen molar-refractivity contribution < 1.29 is 19.1 Å². The van der Waals surface area contributed by atoms with E-state index in [-0.39, 0.29) is 42.0 Å². The van der Waals surface area contributed by atoms with Crippen LogP contribution in [-0.4, -0.2) is 60.0 Å². The van der Waals surface area contributed by atoms with Crippen LogP contribution in [-0.2, 0) is 0 Å². The van der Waals surface area contributed by atoms with Crippen molar-refractivity contribution in [1.82, 2.24) is 9.80 Å². The number of hydrogen-bond acceptors (Lipinski definition) is 4. The number of aliphatic hydroxyl groups excluding tert-OH is 1. The predicted molar refractivity (Wildman–Crippen MR) is 133 cm³/mol. The Labute approximate surface area is 204 Å². The Kier molecular flexibility index (Phi) is 6.03. The molecule has 6 nitrogen and oxygen atoms in total. The van der Waals surface area contributed by atoms with Gasteiger partial charge in [0.25, 0.3) is 11.8 Å². The summed E-state index contributed by atoms with van der Waals surface area (Å²) in [6, 6.07) is 19.0. The number of anilines is 1. The molecule has 3 aromatic rings. The number of amides is 2. The minimum Gasteiger partial charge on any atom is -0.394 e. The molecule has 2 amide bonds. The van der Waals surface area contributed by atoms with Crippen LogP contribution in [0.3, 0.4) is 0 Å². The van der Waals surface area contributed by atoms with Gasteiger partial charge >= 0.3 is 0 Å². The van der Waals surface area contributed by atoms with Gasteiger partial charge in [-0.3, -0.25) is 9.59 Å². The van der Waals surface area contributed by atoms with Crippen molar-refractivity contribution in [2.24, 2.45) is 5.92 Å². The maximum Gasteiger partial charge on any atom is 0.257 e. The monoisotopic (exact) mass is 473 g/mol. The highest BCUT2D eigenvalue weighted by atomic mass is 19.1. The fraction of sp³-hybridized carbons (Fsp3) is 0.286. The van der Waals surface area contributed by atoms with Gasteiger partial charge in [-0.05, 0) is 59.5 Å². The number of carbonyl (C=O) groups excluding carboxylic acids is 2. The van der Waals surface area contributed by atoms with Gasteiger partial charge in [0.2, 0.25) is 0 Å². The van der Waals surface area contributed by atoms with Crippen molar-refractivity contribution in [3.8, 4) is 11.1 Å². The summed E-state index contributed by atoms with van der Waals surface area (Å²) in [4.78, 5) is 29.2. The molecule has 2 aliphatic heterocycles. The Morgan fingerprint density at radius 3 is 2.57 bits per heavy atom. The zero-order chi connectivity index (χ0) is 24.7. The third-order valence-corrected chi connectivity index (χ3v) is 7.08. The van der Waals surface area contributed by atoms with E-state index in [0.29, 0.717) is 18.5 Å². The summed E-state index contributed by atoms with van der Waals surface area (Å²) < 4.78 is 14.5. The Morgan fingerprint density at radius 1 is 1.06 bits per heavy atom. The largest absolute Gasteiger partial charge is 0.394 e. The van der Waals surface area contributed by atoms with Crippen LogP contribution in [0.1, 0.15) is 38.7 Å². The van der Waals surface area contributed by atoms with Gasteiger partial charge in [0.1, 0.15) is 5.82 Å². The van der Waals surface area contributed by atoms with E-state index >= 15 is 0 Å². The van der Waals surface area contributed by atoms with Gasteiger partial charge in [0, 0.05) is 37.8 Å². The summed E-state index contributed by atoms with van der Waals surface area (Å²) in [6.45, 7) is 0.427. The molecule has 0 spiro atoms. The first-order valence-electron chi connectivity index (χ1n) is 11.8. The molecule has 1 fully saturated rings. The molecule has 0 unspecified atom stereocenters. The molecule has 3 aromatic carbocycles. The number of nitrogens with one attached hydrogen (secondary N) is 1. The molecule has 1 saturated heterocycles. The number of hydrogen-bond donors (Lipinski definition) is 2. The topological polar surface area (TPSA) is 72.9 Å². The Morgan fingerprint density at radius 2 is 1.83 bits per heavy atom. The lowest BCUT2D eigenvalue weighted by atomic mass is 9.82. The summed E-state index contributed by atoms with van der Waals surface area (Å²) in [5.41, 5.74) is 4.25. The zero-order valence-electron chi connectivity index (χ0n) is 19.7. The lowest BCUT2D eigenvalue weighted by molar-refractivity contribution is 0.0696. The lowest BCUT2D eigenvalue weighted by Gasteiger charge is -2.39. The van der Waals surface area contributed by atoms with Gasteiger partial charge in [0.05, 0.1) is 24.3 Å². The molecule has 2 N–H and O–H groups in total. The first-order valence-corrected chi connectivity index (χ1v) is 11.8. The first kappa shape index (κ1) is 23.1. The van der Waals surface area contributed by atoms with E-state index in [1.165, 1.54) is 12.1 Å². The zero-order valence-corrected chi connectivity index (χ0v) is 19.7. The second-order valence-electron chi connectivity index (χ2n) is 9.39. The highest BCUT2D eigenvalue weighted by Crippen LogP contribution is 2.48. The molecule has 0 aromatic heterocycles. The standard InChI is InChI=1S/C28H28FN3O3/c1-31(2)27(34)19-7-5-6-17(14-19)18-10-11-24-22(15-18)26-21(25(16-33)30-24)12-13-32(26)28(35)20-8-3-4-9-23(20)29/h3-11,14-15,21,25-26,30,33H,12-13,16H2,1-2H3/t21-,25-,26-/m1/s1. The summed E-state index contributed by atoms with van der Waals surface area (Å²) in [5.74, 6) is -0.955. The number of carbonyl (C=O) groups is 2. The molecule has 35 heavy (non-hydrogen) atoms. The maximum absolute atomic E-state index is 14.5. The molecule has 0 radical (unpaired) electrons. The van der Waals surface area contributed by atoms with Gasteiger partial charge in [-0.2, -0.15) is 0 Å². The number of rotatable bonds is 4. The minimum absolute atomic E-state index is 0.000117. The van der Waals surface area contributed by atoms with Gasteiger partial charge in [-0.25, -0.2) is 4.39 Å². The second-order valence-corrected chi connectivity index (χ2v) is 9.39. The fourth-order valence-corrected chi connectivity index (χ4v) is 5.35. The van der Waals surface area contributed by atoms with E-state index in [2.05, 4.69) is 5.32 Å². The number of nitrogens with zero attached hydrogens (tertiary/aromatic N) is 2. The molecule has 3 atom stereocenters. The average molecular weight is 474 g/mol. The van der Waals surface area contributed by atoms with Crippen molar-refractivity contribution in [3.63, 3.8) is 0 Å². The van der Waals surface area contributed by atoms with Crippen molar-refractivity contribution in [1.29, 1.82) is 0 Å². The SMILES string of the molecule is CN(C)C(=O)c1cccc(-c2ccc3c(c2)[C@H]2[C@H](CCN2C(=O)c2ccccc2F)[C@@H](CO)N3)c1. The van der Waals surface area contributed by atoms with E-state index in [0.717, 1.165) is 22.4 Å². The van der Waals surface area contributed by atoms with E-state index in [4.69, 9.17) is 0 Å². The summed E-state index contributed by atoms with van der Waals surface area (Å²) in [6.07, 6.45) is 0.708. The average Bonchev–Trinajstić information content (AvgIpc) is 3.33. The van der Waals surface area contributed by atoms with E-state index in [1.54, 1.807) is 42.1 Å². The smallest absolute Gasteiger partial charge is 0.257 e. The van der Waals surface area contributed by atoms with Crippen LogP contribution in [0.4, 0.5) is 10.1 Å². The minimum atomic E-state index is -0.537. The highest BCUT2D eigenvalue weighted by molar-refractivity contribution is 5.96. The van der Waals surface area contributed by atoms with Crippen molar-refractivity contribution in [3.05, 3.63) is 89.2 Å². The molecule has 0 bridgehead atoms. The fourth-order valence-electron chi connectivity index (χ4n) is 5.35. The number of benzene rings is 3. The van der Waals surface area contributed by atoms with Crippen molar-refractivity contribution in [2.75, 3.05) is 32.6 Å². The molecule has 7 heteroatoms. The summed E-state index contributed by atoms with van der Waals surface area (Å²) in [5, 5.41) is 13.5. The van der Waals surface area contributed by atoms with Crippen molar-refractivity contribution in [2.45, 2.75) is 18.5 Å². The van der Waals surface area contributed by atoms with Gasteiger partial charge in [0.15, 0.2) is 0 Å². The first-order chi connectivity index (χ1) is 16.9. The molecule has 2 aliphatic rings. The Hall–Kier alpha value is -3.71. The van der Waals surface area contributed by atoms with Crippen LogP contribution in [0.5, 0.6) is 0 Å². The lowest BCUT2D eigenvalue weighted by Crippen LogP contribution is -2.43. The molecule has 5 rings (SSSR count). The third kappa shape index (κ3) is 4.06. The van der Waals surface area contributed by atoms with E-state index in [9.17, 15) is 19.1 Å². The van der Waals surface area contributed by atoms with Crippen molar-refractivity contribution >= 4 is 17.5 Å². The van der Waals surface area contributed by atoms with E-state index in [1.807, 2.05) is 36.4 Å². The Bertz CT molecular complexity index is 1290. The predicted octanol–water partition coefficient (Wildman–Crippen LogP) is 4.18. The van der Waals surface area contributed by atoms with Gasteiger partial charge in [-0.15, -0.1) is 0 Å². The molecule has 0 saturated carbocycles. The van der Waals surface area contributed by atoms with Crippen LogP contribution in [0.25, 0.3) is 11.1 Å². The number of fused-ring (bicyclic) bond motifs is 3. The van der Waals surface area contributed by atoms with Crippen LogP contribution in [0, 0.1) is 11.7 Å². The summed E-state index contributed by atoms with van der Waals surface area (Å²) in [7, 11) is 3.44. The third-order valence-electron chi connectivity index (χ3n) is 7.08. The Balaban J connectivity index is 1.56. The van der Waals surface area contributed by atoms with Crippen LogP contribution >= 0.6 is 0 Å². The number of aliphatic hydroxyl groups is 1. The second kappa shape index (κ2) is 9.15. The molecule has 0 aliphatic carbocycles. The van der Waals surface area contributed by atoms with Crippen LogP contribution in [0.2, 0.25) is 0 Å². The molecular weight excluding hydrogens is 445 g/mol. The molecule has 2 heterocycles. The van der Waals surface area contributed by atoms with Gasteiger partial charge in [-0.1, -0.05) is 30.3 Å². The maximum atomic E-state index is 14.5. The summed E-state index contributed by atoms with van der Waals surface area (Å²) >= 11 is 0. The van der Waals surface area contributed by atoms with Crippen LogP contribution in [0.15, 0.2) is 66.7 Å². The number of halogens is 1. The quantitative estimate of drug-likeness (QED) is 0.596. The van der Waals surface area contributed by atoms with Gasteiger partial charge < -0.3 is 20.2 Å². The van der Waals surface area contributed by atoms with E-state index < -0.39 is 5.82 Å². The molecule has 180 valence electrons. The van der Waals surface area contributed by atoms with Crippen LogP contribution < -0.4 is 5.32 Å².